The molecular formula is C7H14F2IO5P. The molecule has 0 atom stereocenters. The zero-order valence-electron chi connectivity index (χ0n) is 8.44. The van der Waals surface area contributed by atoms with Crippen molar-refractivity contribution in [3.05, 3.63) is 0 Å². The molecule has 0 aliphatic carbocycles. The fourth-order valence-electron chi connectivity index (χ4n) is 0.717. The second kappa shape index (κ2) is 7.88. The molecule has 98 valence electrons. The zero-order valence-corrected chi connectivity index (χ0v) is 11.5. The van der Waals surface area contributed by atoms with Crippen LogP contribution in [0.15, 0.2) is 0 Å². The molecule has 0 spiro atoms. The molecule has 5 nitrogen and oxygen atoms in total. The second-order valence-electron chi connectivity index (χ2n) is 2.87. The summed E-state index contributed by atoms with van der Waals surface area (Å²) in [5.41, 5.74) is -4.02. The van der Waals surface area contributed by atoms with Crippen LogP contribution >= 0.6 is 30.2 Å². The lowest BCUT2D eigenvalue weighted by Crippen LogP contribution is -2.19. The van der Waals surface area contributed by atoms with Gasteiger partial charge in [-0.2, -0.15) is 8.78 Å². The Kier molecular flexibility index (Phi) is 8.21. The standard InChI is InChI=1S/C7H14F2IO5P/c8-7(9,16(11,12)13)1-3-14-5-6-15-4-2-10/h1-6H2,(H2,11,12,13). The molecule has 0 aliphatic rings. The summed E-state index contributed by atoms with van der Waals surface area (Å²) >= 11 is 2.12. The summed E-state index contributed by atoms with van der Waals surface area (Å²) in [6.07, 6.45) is -0.996. The van der Waals surface area contributed by atoms with Gasteiger partial charge in [-0.25, -0.2) is 0 Å². The molecule has 9 heteroatoms. The topological polar surface area (TPSA) is 76.0 Å². The molecule has 0 heterocycles. The Bertz CT molecular complexity index is 235. The second-order valence-corrected chi connectivity index (χ2v) is 5.69. The predicted molar refractivity (Wildman–Crippen MR) is 62.1 cm³/mol. The molecular weight excluding hydrogens is 360 g/mol. The minimum Gasteiger partial charge on any atom is -0.379 e. The molecule has 0 aliphatic heterocycles. The molecule has 0 amide bonds. The summed E-state index contributed by atoms with van der Waals surface area (Å²) in [5, 5.41) is 0. The van der Waals surface area contributed by atoms with E-state index in [-0.39, 0.29) is 13.2 Å². The lowest BCUT2D eigenvalue weighted by atomic mass is 10.5. The summed E-state index contributed by atoms with van der Waals surface area (Å²) in [6, 6.07) is 0. The summed E-state index contributed by atoms with van der Waals surface area (Å²) in [4.78, 5) is 16.6. The lowest BCUT2D eigenvalue weighted by molar-refractivity contribution is 0.000560. The van der Waals surface area contributed by atoms with Gasteiger partial charge in [-0.05, 0) is 0 Å². The SMILES string of the molecule is O=P(O)(O)C(F)(F)CCOCCOCCI. The molecule has 0 saturated heterocycles. The Morgan fingerprint density at radius 1 is 1.12 bits per heavy atom. The van der Waals surface area contributed by atoms with Crippen molar-refractivity contribution in [2.75, 3.05) is 30.9 Å². The van der Waals surface area contributed by atoms with E-state index in [0.717, 1.165) is 4.43 Å². The minimum atomic E-state index is -5.38. The molecule has 0 fully saturated rings. The van der Waals surface area contributed by atoms with Crippen LogP contribution in [-0.4, -0.2) is 46.3 Å². The number of ether oxygens (including phenoxy) is 2. The first-order chi connectivity index (χ1) is 7.31. The fraction of sp³-hybridized carbons (Fsp3) is 1.00. The maximum atomic E-state index is 12.7. The van der Waals surface area contributed by atoms with Crippen molar-refractivity contribution >= 4 is 30.2 Å². The van der Waals surface area contributed by atoms with Gasteiger partial charge in [0.05, 0.1) is 26.4 Å². The van der Waals surface area contributed by atoms with Crippen LogP contribution in [0.3, 0.4) is 0 Å². The largest absolute Gasteiger partial charge is 0.394 e. The van der Waals surface area contributed by atoms with Gasteiger partial charge in [0.15, 0.2) is 0 Å². The van der Waals surface area contributed by atoms with Crippen molar-refractivity contribution in [3.63, 3.8) is 0 Å². The third-order valence-electron chi connectivity index (χ3n) is 1.57. The first-order valence-corrected chi connectivity index (χ1v) is 7.60. The van der Waals surface area contributed by atoms with Crippen molar-refractivity contribution in [1.29, 1.82) is 0 Å². The average Bonchev–Trinajstić information content (AvgIpc) is 2.14. The number of rotatable bonds is 9. The van der Waals surface area contributed by atoms with Gasteiger partial charge in [-0.15, -0.1) is 0 Å². The molecule has 0 bridgehead atoms. The summed E-state index contributed by atoms with van der Waals surface area (Å²) in [6.45, 7) is 0.562. The van der Waals surface area contributed by atoms with Crippen molar-refractivity contribution in [1.82, 2.24) is 0 Å². The quantitative estimate of drug-likeness (QED) is 0.278. The molecule has 0 unspecified atom stereocenters. The number of hydrogen-bond donors (Lipinski definition) is 2. The van der Waals surface area contributed by atoms with Crippen LogP contribution in [0.4, 0.5) is 8.78 Å². The van der Waals surface area contributed by atoms with E-state index in [1.807, 2.05) is 0 Å². The Morgan fingerprint density at radius 2 is 1.62 bits per heavy atom. The van der Waals surface area contributed by atoms with Crippen LogP contribution in [0.2, 0.25) is 0 Å². The van der Waals surface area contributed by atoms with E-state index >= 15 is 0 Å². The average molecular weight is 374 g/mol. The predicted octanol–water partition coefficient (Wildman–Crippen LogP) is 1.62. The molecule has 0 aromatic rings. The van der Waals surface area contributed by atoms with Gasteiger partial charge in [0.25, 0.3) is 0 Å². The van der Waals surface area contributed by atoms with Crippen molar-refractivity contribution < 1.29 is 32.6 Å². The minimum absolute atomic E-state index is 0.133. The number of halogens is 3. The Morgan fingerprint density at radius 3 is 2.06 bits per heavy atom. The number of hydrogen-bond acceptors (Lipinski definition) is 3. The van der Waals surface area contributed by atoms with Gasteiger partial charge in [0, 0.05) is 10.8 Å². The van der Waals surface area contributed by atoms with Crippen LogP contribution in [0.1, 0.15) is 6.42 Å². The Hall–Kier alpha value is 0.660. The smallest absolute Gasteiger partial charge is 0.379 e. The first-order valence-electron chi connectivity index (χ1n) is 4.46. The van der Waals surface area contributed by atoms with E-state index in [4.69, 9.17) is 19.3 Å². The first kappa shape index (κ1) is 16.7. The third-order valence-corrected chi connectivity index (χ3v) is 3.08. The third kappa shape index (κ3) is 7.08. The maximum absolute atomic E-state index is 12.7. The van der Waals surface area contributed by atoms with E-state index < -0.39 is 26.3 Å². The molecule has 16 heavy (non-hydrogen) atoms. The molecule has 0 aromatic carbocycles. The highest BCUT2D eigenvalue weighted by Crippen LogP contribution is 2.54. The van der Waals surface area contributed by atoms with Crippen molar-refractivity contribution in [3.8, 4) is 0 Å². The zero-order chi connectivity index (χ0) is 12.7. The van der Waals surface area contributed by atoms with Crippen LogP contribution in [0.25, 0.3) is 0 Å². The van der Waals surface area contributed by atoms with Crippen LogP contribution in [0.5, 0.6) is 0 Å². The molecule has 0 radical (unpaired) electrons. The van der Waals surface area contributed by atoms with Gasteiger partial charge in [0.1, 0.15) is 0 Å². The van der Waals surface area contributed by atoms with Gasteiger partial charge < -0.3 is 19.3 Å². The highest BCUT2D eigenvalue weighted by molar-refractivity contribution is 14.1. The van der Waals surface area contributed by atoms with Crippen molar-refractivity contribution in [2.24, 2.45) is 0 Å². The van der Waals surface area contributed by atoms with E-state index in [0.29, 0.717) is 6.61 Å². The highest BCUT2D eigenvalue weighted by atomic mass is 127. The molecule has 0 rings (SSSR count). The normalized spacial score (nSPS) is 13.1. The molecule has 0 aromatic heterocycles. The highest BCUT2D eigenvalue weighted by Gasteiger charge is 2.47. The van der Waals surface area contributed by atoms with Crippen molar-refractivity contribution in [2.45, 2.75) is 12.1 Å². The maximum Gasteiger partial charge on any atom is 0.394 e. The van der Waals surface area contributed by atoms with Gasteiger partial charge >= 0.3 is 13.3 Å². The molecule has 2 N–H and O–H groups in total. The van der Waals surface area contributed by atoms with E-state index in [1.54, 1.807) is 0 Å². The molecule has 0 saturated carbocycles. The van der Waals surface area contributed by atoms with Gasteiger partial charge in [-0.3, -0.25) is 4.57 Å². The Labute approximate surface area is 106 Å². The number of alkyl halides is 3. The summed E-state index contributed by atoms with van der Waals surface area (Å²) in [7, 11) is -5.38. The summed E-state index contributed by atoms with van der Waals surface area (Å²) < 4.78 is 46.3. The van der Waals surface area contributed by atoms with E-state index in [1.165, 1.54) is 0 Å². The Balaban J connectivity index is 3.55. The van der Waals surface area contributed by atoms with E-state index in [2.05, 4.69) is 22.6 Å². The fourth-order valence-corrected chi connectivity index (χ4v) is 1.41. The van der Waals surface area contributed by atoms with Crippen LogP contribution in [0, 0.1) is 0 Å². The van der Waals surface area contributed by atoms with Gasteiger partial charge in [0.2, 0.25) is 0 Å². The van der Waals surface area contributed by atoms with E-state index in [9.17, 15) is 13.3 Å². The van der Waals surface area contributed by atoms with Crippen LogP contribution in [-0.2, 0) is 14.0 Å². The monoisotopic (exact) mass is 374 g/mol. The van der Waals surface area contributed by atoms with Gasteiger partial charge in [-0.1, -0.05) is 22.6 Å². The lowest BCUT2D eigenvalue weighted by Gasteiger charge is -2.17. The summed E-state index contributed by atoms with van der Waals surface area (Å²) in [5.74, 6) is 0. The van der Waals surface area contributed by atoms with Crippen LogP contribution < -0.4 is 0 Å².